The van der Waals surface area contributed by atoms with Gasteiger partial charge in [0.1, 0.15) is 5.76 Å². The first kappa shape index (κ1) is 15.9. The van der Waals surface area contributed by atoms with Crippen LogP contribution in [0.25, 0.3) is 10.8 Å². The largest absolute Gasteiger partial charge is 0.440 e. The first-order valence-corrected chi connectivity index (χ1v) is 9.30. The van der Waals surface area contributed by atoms with Crippen LogP contribution in [-0.4, -0.2) is 20.0 Å². The zero-order chi connectivity index (χ0) is 16.3. The summed E-state index contributed by atoms with van der Waals surface area (Å²) in [5.74, 6) is 1.23. The molecule has 2 aromatic heterocycles. The SMILES string of the molecule is Cc1oc(-c2cccs2)nc1CCOS(=O)(=O)c1ccccc1. The van der Waals surface area contributed by atoms with Gasteiger partial charge in [-0.3, -0.25) is 4.18 Å². The van der Waals surface area contributed by atoms with Crippen LogP contribution in [0.5, 0.6) is 0 Å². The van der Waals surface area contributed by atoms with Gasteiger partial charge in [0.15, 0.2) is 0 Å². The lowest BCUT2D eigenvalue weighted by molar-refractivity contribution is 0.320. The maximum atomic E-state index is 12.0. The van der Waals surface area contributed by atoms with Crippen molar-refractivity contribution in [3.63, 3.8) is 0 Å². The maximum Gasteiger partial charge on any atom is 0.296 e. The quantitative estimate of drug-likeness (QED) is 0.635. The van der Waals surface area contributed by atoms with E-state index in [0.717, 1.165) is 4.88 Å². The molecule has 0 amide bonds. The monoisotopic (exact) mass is 349 g/mol. The van der Waals surface area contributed by atoms with Gasteiger partial charge in [0, 0.05) is 6.42 Å². The van der Waals surface area contributed by atoms with E-state index in [2.05, 4.69) is 4.98 Å². The van der Waals surface area contributed by atoms with E-state index in [9.17, 15) is 8.42 Å². The third kappa shape index (κ3) is 3.69. The van der Waals surface area contributed by atoms with Crippen LogP contribution in [0.4, 0.5) is 0 Å². The Morgan fingerprint density at radius 2 is 1.96 bits per heavy atom. The van der Waals surface area contributed by atoms with E-state index >= 15 is 0 Å². The van der Waals surface area contributed by atoms with Crippen molar-refractivity contribution >= 4 is 21.5 Å². The highest BCUT2D eigenvalue weighted by molar-refractivity contribution is 7.86. The van der Waals surface area contributed by atoms with Crippen LogP contribution in [-0.2, 0) is 20.7 Å². The molecule has 23 heavy (non-hydrogen) atoms. The fourth-order valence-corrected chi connectivity index (χ4v) is 3.65. The highest BCUT2D eigenvalue weighted by Crippen LogP contribution is 2.26. The topological polar surface area (TPSA) is 69.4 Å². The number of aromatic nitrogens is 1. The predicted molar refractivity (Wildman–Crippen MR) is 87.8 cm³/mol. The van der Waals surface area contributed by atoms with Crippen molar-refractivity contribution in [1.82, 2.24) is 4.98 Å². The van der Waals surface area contributed by atoms with Crippen molar-refractivity contribution in [1.29, 1.82) is 0 Å². The zero-order valence-electron chi connectivity index (χ0n) is 12.4. The van der Waals surface area contributed by atoms with E-state index in [1.54, 1.807) is 29.5 Å². The standard InChI is InChI=1S/C16H15NO4S2/c1-12-14(17-16(21-12)15-8-5-11-22-15)9-10-20-23(18,19)13-6-3-2-4-7-13/h2-8,11H,9-10H2,1H3. The summed E-state index contributed by atoms with van der Waals surface area (Å²) in [4.78, 5) is 5.50. The molecular formula is C16H15NO4S2. The smallest absolute Gasteiger partial charge is 0.296 e. The van der Waals surface area contributed by atoms with Gasteiger partial charge in [-0.05, 0) is 30.5 Å². The molecule has 0 radical (unpaired) electrons. The van der Waals surface area contributed by atoms with Crippen LogP contribution < -0.4 is 0 Å². The minimum atomic E-state index is -3.74. The van der Waals surface area contributed by atoms with Gasteiger partial charge in [-0.2, -0.15) is 8.42 Å². The van der Waals surface area contributed by atoms with Crippen LogP contribution >= 0.6 is 11.3 Å². The number of hydrogen-bond donors (Lipinski definition) is 0. The Kier molecular flexibility index (Phi) is 4.61. The van der Waals surface area contributed by atoms with E-state index in [-0.39, 0.29) is 11.5 Å². The molecule has 2 heterocycles. The lowest BCUT2D eigenvalue weighted by Gasteiger charge is -2.04. The Morgan fingerprint density at radius 3 is 2.65 bits per heavy atom. The summed E-state index contributed by atoms with van der Waals surface area (Å²) in [6.07, 6.45) is 0.368. The summed E-state index contributed by atoms with van der Waals surface area (Å²) in [6, 6.07) is 11.9. The highest BCUT2D eigenvalue weighted by Gasteiger charge is 2.16. The predicted octanol–water partition coefficient (Wildman–Crippen LogP) is 3.66. The molecule has 0 unspecified atom stereocenters. The second-order valence-corrected chi connectivity index (χ2v) is 7.40. The van der Waals surface area contributed by atoms with Crippen molar-refractivity contribution in [3.05, 3.63) is 59.3 Å². The number of thiophene rings is 1. The van der Waals surface area contributed by atoms with Crippen molar-refractivity contribution in [2.45, 2.75) is 18.2 Å². The average molecular weight is 349 g/mol. The minimum Gasteiger partial charge on any atom is -0.440 e. The van der Waals surface area contributed by atoms with E-state index in [1.807, 2.05) is 24.4 Å². The van der Waals surface area contributed by atoms with E-state index in [4.69, 9.17) is 8.60 Å². The van der Waals surface area contributed by atoms with Gasteiger partial charge in [0.05, 0.1) is 22.1 Å². The average Bonchev–Trinajstić information content (AvgIpc) is 3.18. The molecule has 3 aromatic rings. The summed E-state index contributed by atoms with van der Waals surface area (Å²) >= 11 is 1.54. The summed E-state index contributed by atoms with van der Waals surface area (Å²) in [5, 5.41) is 1.95. The molecule has 0 fully saturated rings. The molecular weight excluding hydrogens is 334 g/mol. The highest BCUT2D eigenvalue weighted by atomic mass is 32.2. The number of oxazole rings is 1. The number of aryl methyl sites for hydroxylation is 1. The fraction of sp³-hybridized carbons (Fsp3) is 0.188. The van der Waals surface area contributed by atoms with Gasteiger partial charge in [-0.1, -0.05) is 24.3 Å². The number of benzene rings is 1. The third-order valence-corrected chi connectivity index (χ3v) is 5.42. The van der Waals surface area contributed by atoms with Crippen LogP contribution in [0.3, 0.4) is 0 Å². The molecule has 0 saturated carbocycles. The Morgan fingerprint density at radius 1 is 1.17 bits per heavy atom. The summed E-state index contributed by atoms with van der Waals surface area (Å²) in [6.45, 7) is 1.83. The molecule has 7 heteroatoms. The van der Waals surface area contributed by atoms with Gasteiger partial charge in [-0.25, -0.2) is 4.98 Å². The molecule has 1 aromatic carbocycles. The molecule has 0 N–H and O–H groups in total. The van der Waals surface area contributed by atoms with Crippen molar-refractivity contribution in [3.8, 4) is 10.8 Å². The molecule has 3 rings (SSSR count). The van der Waals surface area contributed by atoms with Crippen molar-refractivity contribution in [2.75, 3.05) is 6.61 Å². The van der Waals surface area contributed by atoms with E-state index in [1.165, 1.54) is 12.1 Å². The van der Waals surface area contributed by atoms with Gasteiger partial charge >= 0.3 is 0 Å². The second kappa shape index (κ2) is 6.66. The van der Waals surface area contributed by atoms with Crippen molar-refractivity contribution < 1.29 is 17.0 Å². The molecule has 0 aliphatic rings. The van der Waals surface area contributed by atoms with Gasteiger partial charge < -0.3 is 4.42 Å². The third-order valence-electron chi connectivity index (χ3n) is 3.23. The second-order valence-electron chi connectivity index (χ2n) is 4.84. The van der Waals surface area contributed by atoms with Crippen LogP contribution in [0.1, 0.15) is 11.5 Å². The Hall–Kier alpha value is -1.96. The Labute approximate surface area is 138 Å². The van der Waals surface area contributed by atoms with Crippen LogP contribution in [0, 0.1) is 6.92 Å². The Bertz CT molecular complexity index is 868. The first-order valence-electron chi connectivity index (χ1n) is 7.01. The van der Waals surface area contributed by atoms with Crippen molar-refractivity contribution in [2.24, 2.45) is 0 Å². The molecule has 120 valence electrons. The zero-order valence-corrected chi connectivity index (χ0v) is 14.1. The number of hydrogen-bond acceptors (Lipinski definition) is 6. The summed E-state index contributed by atoms with van der Waals surface area (Å²) in [7, 11) is -3.74. The maximum absolute atomic E-state index is 12.0. The van der Waals surface area contributed by atoms with Gasteiger partial charge in [0.25, 0.3) is 10.1 Å². The molecule has 0 spiro atoms. The Balaban J connectivity index is 1.65. The van der Waals surface area contributed by atoms with Crippen LogP contribution in [0.15, 0.2) is 57.2 Å². The summed E-state index contributed by atoms with van der Waals surface area (Å²) < 4.78 is 34.8. The fourth-order valence-electron chi connectivity index (χ4n) is 2.07. The van der Waals surface area contributed by atoms with E-state index < -0.39 is 10.1 Å². The minimum absolute atomic E-state index is 0.0223. The molecule has 0 bridgehead atoms. The van der Waals surface area contributed by atoms with E-state index in [0.29, 0.717) is 23.8 Å². The molecule has 0 saturated heterocycles. The normalized spacial score (nSPS) is 11.7. The molecule has 0 aliphatic carbocycles. The lowest BCUT2D eigenvalue weighted by atomic mass is 10.3. The molecule has 0 aliphatic heterocycles. The molecule has 5 nitrogen and oxygen atoms in total. The first-order chi connectivity index (χ1) is 11.1. The summed E-state index contributed by atoms with van der Waals surface area (Å²) in [5.41, 5.74) is 0.705. The lowest BCUT2D eigenvalue weighted by Crippen LogP contribution is -2.09. The van der Waals surface area contributed by atoms with Gasteiger partial charge in [0.2, 0.25) is 5.89 Å². The number of rotatable bonds is 6. The number of nitrogens with zero attached hydrogens (tertiary/aromatic N) is 1. The molecule has 0 atom stereocenters. The van der Waals surface area contributed by atoms with Crippen LogP contribution in [0.2, 0.25) is 0 Å². The van der Waals surface area contributed by atoms with Gasteiger partial charge in [-0.15, -0.1) is 11.3 Å².